The van der Waals surface area contributed by atoms with Crippen molar-refractivity contribution in [1.82, 2.24) is 0 Å². The molecule has 2 rings (SSSR count). The van der Waals surface area contributed by atoms with E-state index < -0.39 is 19.2 Å². The van der Waals surface area contributed by atoms with E-state index in [0.29, 0.717) is 18.4 Å². The first-order valence-electron chi connectivity index (χ1n) is 13.1. The number of alkyl halides is 1. The first kappa shape index (κ1) is 48.0. The molecular weight excluding hydrogens is 711 g/mol. The number of hydrogen-bond donors (Lipinski definition) is 1. The molecule has 0 aliphatic rings. The van der Waals surface area contributed by atoms with E-state index in [0.717, 1.165) is 35.2 Å². The van der Waals surface area contributed by atoms with Crippen LogP contribution in [0.15, 0.2) is 58.3 Å². The smallest absolute Gasteiger partial charge is 1.00 e. The number of halogens is 3. The van der Waals surface area contributed by atoms with E-state index in [1.165, 1.54) is 18.6 Å². The monoisotopic (exact) mass is 756 g/mol. The maximum absolute atomic E-state index is 11.7. The molecule has 0 aromatic heterocycles. The molecule has 0 atom stereocenters. The molecule has 0 bridgehead atoms. The van der Waals surface area contributed by atoms with E-state index >= 15 is 0 Å². The van der Waals surface area contributed by atoms with Crippen LogP contribution in [0.4, 0.5) is 0 Å². The molecule has 12 heteroatoms. The zero-order valence-electron chi connectivity index (χ0n) is 26.0. The van der Waals surface area contributed by atoms with E-state index in [1.54, 1.807) is 36.4 Å². The van der Waals surface area contributed by atoms with Gasteiger partial charge in [-0.25, -0.2) is 8.42 Å². The van der Waals surface area contributed by atoms with Crippen LogP contribution in [0.1, 0.15) is 71.9 Å². The Kier molecular flexibility index (Phi) is 31.0. The fourth-order valence-corrected chi connectivity index (χ4v) is 4.95. The van der Waals surface area contributed by atoms with Crippen LogP contribution < -0.4 is 35.8 Å². The summed E-state index contributed by atoms with van der Waals surface area (Å²) in [6, 6.07) is 13.0. The van der Waals surface area contributed by atoms with Crippen molar-refractivity contribution in [2.45, 2.75) is 84.4 Å². The van der Waals surface area contributed by atoms with Crippen LogP contribution in [0, 0.1) is 31.6 Å². The van der Waals surface area contributed by atoms with E-state index in [9.17, 15) is 16.8 Å². The Bertz CT molecular complexity index is 1090. The molecule has 0 saturated heterocycles. The quantitative estimate of drug-likeness (QED) is 0.173. The van der Waals surface area contributed by atoms with E-state index in [2.05, 4.69) is 43.6 Å². The van der Waals surface area contributed by atoms with E-state index in [4.69, 9.17) is 20.0 Å². The fourth-order valence-electron chi connectivity index (χ4n) is 2.34. The maximum atomic E-state index is 11.7. The first-order valence-corrected chi connectivity index (χ1v) is 17.9. The van der Waals surface area contributed by atoms with Gasteiger partial charge in [-0.15, -0.1) is 0 Å². The molecule has 0 saturated carbocycles. The van der Waals surface area contributed by atoms with Crippen LogP contribution in [-0.4, -0.2) is 40.5 Å². The molecule has 0 fully saturated rings. The molecule has 2 aromatic rings. The number of aliphatic hydroxyl groups is 1. The van der Waals surface area contributed by atoms with Crippen LogP contribution >= 0.6 is 26.6 Å². The van der Waals surface area contributed by atoms with Crippen molar-refractivity contribution in [1.29, 1.82) is 0 Å². The van der Waals surface area contributed by atoms with Crippen molar-refractivity contribution in [2.75, 3.05) is 18.5 Å². The average Bonchev–Trinajstić information content (AvgIpc) is 2.80. The Morgan fingerprint density at radius 2 is 1.10 bits per heavy atom. The molecule has 1 N–H and O–H groups in total. The van der Waals surface area contributed by atoms with Crippen LogP contribution in [0.5, 0.6) is 0 Å². The van der Waals surface area contributed by atoms with Gasteiger partial charge in [0.1, 0.15) is 0 Å². The third-order valence-corrected chi connectivity index (χ3v) is 8.09. The second-order valence-corrected chi connectivity index (χ2v) is 15.3. The van der Waals surface area contributed by atoms with Crippen LogP contribution in [0.3, 0.4) is 0 Å². The number of rotatable bonds is 10. The van der Waals surface area contributed by atoms with Gasteiger partial charge in [-0.1, -0.05) is 92.9 Å². The summed E-state index contributed by atoms with van der Waals surface area (Å²) < 4.78 is 49.8. The van der Waals surface area contributed by atoms with Crippen molar-refractivity contribution >= 4 is 45.8 Å². The molecule has 0 unspecified atom stereocenters. The van der Waals surface area contributed by atoms with Crippen LogP contribution in [0.2, 0.25) is 0 Å². The van der Waals surface area contributed by atoms with Crippen molar-refractivity contribution in [3.8, 4) is 0 Å². The van der Waals surface area contributed by atoms with E-state index in [-0.39, 0.29) is 52.2 Å². The Morgan fingerprint density at radius 1 is 0.732 bits per heavy atom. The summed E-state index contributed by atoms with van der Waals surface area (Å²) in [5, 5.41) is 9.38. The van der Waals surface area contributed by atoms with Crippen molar-refractivity contribution in [3.05, 3.63) is 59.7 Å². The second kappa shape index (κ2) is 26.5. The Morgan fingerprint density at radius 3 is 1.34 bits per heavy atom. The Labute approximate surface area is 286 Å². The molecule has 6 nitrogen and oxygen atoms in total. The third-order valence-electron chi connectivity index (χ3n) is 4.94. The van der Waals surface area contributed by atoms with Gasteiger partial charge in [0.2, 0.25) is 0 Å². The molecule has 0 radical (unpaired) electrons. The van der Waals surface area contributed by atoms with Gasteiger partial charge in [0, 0.05) is 22.6 Å². The van der Waals surface area contributed by atoms with Crippen molar-refractivity contribution < 1.29 is 62.0 Å². The molecule has 234 valence electrons. The zero-order chi connectivity index (χ0) is 30.6. The average molecular weight is 759 g/mol. The Balaban J connectivity index is -0.000000239. The number of hydrogen-bond acceptors (Lipinski definition) is 6. The summed E-state index contributed by atoms with van der Waals surface area (Å²) in [6.07, 6.45) is 2.96. The minimum atomic E-state index is -3.57. The normalized spacial score (nSPS) is 10.7. The predicted molar refractivity (Wildman–Crippen MR) is 168 cm³/mol. The second-order valence-electron chi connectivity index (χ2n) is 10.3. The van der Waals surface area contributed by atoms with Crippen molar-refractivity contribution in [2.24, 2.45) is 17.8 Å². The van der Waals surface area contributed by atoms with Gasteiger partial charge in [-0.3, -0.25) is 4.18 Å². The largest absolute Gasteiger partial charge is 1.00 e. The van der Waals surface area contributed by atoms with Gasteiger partial charge >= 0.3 is 18.9 Å². The summed E-state index contributed by atoms with van der Waals surface area (Å²) in [5.74, 6) is 1.94. The van der Waals surface area contributed by atoms with Gasteiger partial charge in [0.25, 0.3) is 19.2 Å². The SMILES string of the molecule is CC(C)CCBr.CC(C)CCO.Cc1ccc(S(=O)(=O)Cl)cc1.Cc1ccc(S(=O)(=O)OCCC(C)C)cc1.[Br-].[Li+]. The molecule has 0 heterocycles. The van der Waals surface area contributed by atoms with Crippen molar-refractivity contribution in [3.63, 3.8) is 0 Å². The summed E-state index contributed by atoms with van der Waals surface area (Å²) >= 11 is 3.35. The summed E-state index contributed by atoms with van der Waals surface area (Å²) in [6.45, 7) is 17.1. The molecular formula is C29H48Br2ClLiO6S2. The molecule has 0 aliphatic carbocycles. The van der Waals surface area contributed by atoms with E-state index in [1.807, 2.05) is 27.7 Å². The maximum Gasteiger partial charge on any atom is 1.00 e. The topological polar surface area (TPSA) is 97.7 Å². The van der Waals surface area contributed by atoms with Gasteiger partial charge < -0.3 is 22.1 Å². The molecule has 41 heavy (non-hydrogen) atoms. The van der Waals surface area contributed by atoms with Gasteiger partial charge in [0.15, 0.2) is 0 Å². The minimum absolute atomic E-state index is 0. The standard InChI is InChI=1S/C12H18O3S.C7H7ClO2S.C5H11Br.C5H12O.BrH.Li/c1-10(2)8-9-15-16(13,14)12-6-4-11(3)5-7-12;1-6-2-4-7(5-3-6)11(8,9)10;2*1-5(2)3-4-6;;/h4-7,10H,8-9H2,1-3H3;2-5H,1H3;5H,3-4H2,1-2H3;5-6H,3-4H2,1-2H3;1H;/q;;;;;+1/p-1. The number of aliphatic hydroxyl groups excluding tert-OH is 1. The summed E-state index contributed by atoms with van der Waals surface area (Å²) in [7, 11) is -2.04. The molecule has 0 spiro atoms. The van der Waals surface area contributed by atoms with Crippen LogP contribution in [-0.2, 0) is 23.4 Å². The number of aryl methyl sites for hydroxylation is 2. The van der Waals surface area contributed by atoms with Gasteiger partial charge in [-0.05, 0) is 75.1 Å². The van der Waals surface area contributed by atoms with Gasteiger partial charge in [0.05, 0.1) is 16.4 Å². The predicted octanol–water partition coefficient (Wildman–Crippen LogP) is 2.13. The van der Waals surface area contributed by atoms with Crippen LogP contribution in [0.25, 0.3) is 0 Å². The van der Waals surface area contributed by atoms with Gasteiger partial charge in [-0.2, -0.15) is 8.42 Å². The third kappa shape index (κ3) is 28.6. The minimum Gasteiger partial charge on any atom is -1.00 e. The molecule has 2 aromatic carbocycles. The summed E-state index contributed by atoms with van der Waals surface area (Å²) in [4.78, 5) is 0.367. The molecule has 0 aliphatic heterocycles. The fraction of sp³-hybridized carbons (Fsp3) is 0.586. The summed E-state index contributed by atoms with van der Waals surface area (Å²) in [5.41, 5.74) is 2.04. The first-order chi connectivity index (χ1) is 18.0. The zero-order valence-corrected chi connectivity index (χ0v) is 31.6. The Hall–Kier alpha value is 0.107. The molecule has 0 amide bonds. The number of benzene rings is 2.